The Morgan fingerprint density at radius 1 is 0.744 bits per heavy atom. The number of ether oxygens (including phenoxy) is 2. The number of fused-ring (bicyclic) bond motifs is 3. The smallest absolute Gasteiger partial charge is 0.421 e. The van der Waals surface area contributed by atoms with Gasteiger partial charge >= 0.3 is 18.2 Å². The third kappa shape index (κ3) is 13.8. The van der Waals surface area contributed by atoms with E-state index in [9.17, 15) is 30.3 Å². The van der Waals surface area contributed by atoms with Gasteiger partial charge in [-0.2, -0.15) is 43.6 Å². The highest BCUT2D eigenvalue weighted by molar-refractivity contribution is 5.94. The number of β-amino-alcohol motifs (C(OH)–C–C–N with tert-alkyl or cyclic N) is 2. The van der Waals surface area contributed by atoms with Crippen LogP contribution in [0.25, 0.3) is 10.8 Å². The van der Waals surface area contributed by atoms with Crippen molar-refractivity contribution in [1.29, 1.82) is 10.5 Å². The fourth-order valence-electron chi connectivity index (χ4n) is 13.9. The number of amides is 2. The number of carbonyl (C=O) groups is 2. The minimum absolute atomic E-state index is 0.0227. The number of rotatable bonds is 19. The minimum atomic E-state index is -5.09. The standard InChI is InChI=1S/C65H77F4N15O6/c1-5-58(87)83-26-24-81(35-45(83)15-19-70)61-51-17-22-79(56-13-8-11-42-10-6-7-12-50(42)56)38-54(51)72-64(75-61)90-41-48-30-44(34-78(48)28-29-85)43-31-53(66)60(65(67,68)69)57(32-43)80-23-18-52-55(39-80)73-63(89-40-47-33-49(86)37-77(47)4)74-62(52)82-25-27-84(46(36-82)16-20-71)59(88)14-9-21-76(2)3/h5-14,31-32,44-49,85-86H,1,15-18,21-30,33-41H2,2-4H3/b14-9+/t44?,45-,46-,47-,48-,49+/m0/s1. The largest absolute Gasteiger partial charge is 0.462 e. The van der Waals surface area contributed by atoms with E-state index in [2.05, 4.69) is 52.8 Å². The first kappa shape index (κ1) is 63.4. The highest BCUT2D eigenvalue weighted by Crippen LogP contribution is 2.45. The number of piperazine rings is 2. The summed E-state index contributed by atoms with van der Waals surface area (Å²) in [6, 6.07) is 19.8. The number of benzene rings is 3. The van der Waals surface area contributed by atoms with Gasteiger partial charge in [0.05, 0.1) is 79.9 Å². The van der Waals surface area contributed by atoms with Crippen molar-refractivity contribution in [1.82, 2.24) is 44.4 Å². The van der Waals surface area contributed by atoms with Crippen LogP contribution in [0.5, 0.6) is 12.0 Å². The lowest BCUT2D eigenvalue weighted by atomic mass is 9.93. The molecule has 0 aliphatic carbocycles. The van der Waals surface area contributed by atoms with Crippen molar-refractivity contribution in [2.75, 3.05) is 139 Å². The van der Waals surface area contributed by atoms with E-state index < -0.39 is 47.7 Å². The van der Waals surface area contributed by atoms with Crippen molar-refractivity contribution in [3.8, 4) is 24.2 Å². The Morgan fingerprint density at radius 3 is 1.92 bits per heavy atom. The second-order valence-corrected chi connectivity index (χ2v) is 24.5. The number of hydrogen-bond donors (Lipinski definition) is 2. The SMILES string of the molecule is C=CC(=O)N1CCN(c2nc(OC[C@@H]3CC(c4cc(F)c(C(F)(F)F)c(N5CCc6c(nc(OC[C@@H]7C[C@@H](O)CN7C)nc6N6CCN(C(=O)/C=C/CN(C)C)[C@@H](CC#N)C6)C5)c4)CN3CCO)nc3c2CCN(c2cccc4ccccc24)C3)C[C@@H]1CC#N. The van der Waals surface area contributed by atoms with Crippen LogP contribution in [0.1, 0.15) is 65.2 Å². The lowest BCUT2D eigenvalue weighted by Gasteiger charge is -2.42. The molecule has 25 heteroatoms. The van der Waals surface area contributed by atoms with Gasteiger partial charge in [0.2, 0.25) is 11.8 Å². The van der Waals surface area contributed by atoms with E-state index in [-0.39, 0.29) is 114 Å². The van der Waals surface area contributed by atoms with E-state index in [4.69, 9.17) is 29.4 Å². The number of aliphatic hydroxyl groups excluding tert-OH is 2. The van der Waals surface area contributed by atoms with Crippen LogP contribution >= 0.6 is 0 Å². The molecule has 11 rings (SSSR count). The number of likely N-dealkylation sites (tertiary alicyclic amines) is 2. The predicted octanol–water partition coefficient (Wildman–Crippen LogP) is 5.54. The zero-order valence-electron chi connectivity index (χ0n) is 51.1. The Morgan fingerprint density at radius 2 is 1.34 bits per heavy atom. The maximum absolute atomic E-state index is 16.7. The second kappa shape index (κ2) is 27.5. The van der Waals surface area contributed by atoms with Crippen LogP contribution in [0, 0.1) is 28.5 Å². The maximum Gasteiger partial charge on any atom is 0.421 e. The van der Waals surface area contributed by atoms with Crippen LogP contribution in [0.2, 0.25) is 0 Å². The van der Waals surface area contributed by atoms with E-state index in [0.717, 1.165) is 33.8 Å². The Balaban J connectivity index is 0.871. The van der Waals surface area contributed by atoms with Crippen molar-refractivity contribution < 1.29 is 46.8 Å². The molecule has 476 valence electrons. The third-order valence-electron chi connectivity index (χ3n) is 18.4. The number of aromatic nitrogens is 4. The van der Waals surface area contributed by atoms with E-state index in [1.54, 1.807) is 15.9 Å². The van der Waals surface area contributed by atoms with E-state index in [1.165, 1.54) is 23.1 Å². The third-order valence-corrected chi connectivity index (χ3v) is 18.4. The average molecular weight is 1240 g/mol. The Bertz CT molecular complexity index is 3580. The fraction of sp³-hybridized carbons (Fsp3) is 0.508. The van der Waals surface area contributed by atoms with Crippen LogP contribution in [0.3, 0.4) is 0 Å². The molecule has 0 bridgehead atoms. The first-order chi connectivity index (χ1) is 43.4. The Labute approximate surface area is 521 Å². The fourth-order valence-corrected chi connectivity index (χ4v) is 13.9. The molecule has 4 saturated heterocycles. The molecule has 2 amide bonds. The molecule has 8 heterocycles. The molecule has 21 nitrogen and oxygen atoms in total. The number of alkyl halides is 3. The van der Waals surface area contributed by atoms with Crippen molar-refractivity contribution in [2.45, 2.75) is 94.0 Å². The Kier molecular flexibility index (Phi) is 19.4. The molecular formula is C65H77F4N15O6. The number of likely N-dealkylation sites (N-methyl/N-ethyl adjacent to an activating group) is 2. The maximum atomic E-state index is 16.7. The van der Waals surface area contributed by atoms with Gasteiger partial charge in [0, 0.05) is 119 Å². The average Bonchev–Trinajstić information content (AvgIpc) is 1.03. The quantitative estimate of drug-likeness (QED) is 0.0765. The molecule has 90 heavy (non-hydrogen) atoms. The molecule has 6 aliphatic rings. The van der Waals surface area contributed by atoms with Crippen molar-refractivity contribution in [3.05, 3.63) is 119 Å². The summed E-state index contributed by atoms with van der Waals surface area (Å²) in [5.41, 5.74) is 2.39. The van der Waals surface area contributed by atoms with Crippen LogP contribution in [-0.4, -0.2) is 216 Å². The molecule has 2 aromatic heterocycles. The highest BCUT2D eigenvalue weighted by atomic mass is 19.4. The number of anilines is 4. The van der Waals surface area contributed by atoms with E-state index in [0.29, 0.717) is 100 Å². The summed E-state index contributed by atoms with van der Waals surface area (Å²) in [4.78, 5) is 63.4. The van der Waals surface area contributed by atoms with Gasteiger partial charge in [-0.05, 0) is 88.0 Å². The summed E-state index contributed by atoms with van der Waals surface area (Å²) in [5.74, 6) is -1.26. The lowest BCUT2D eigenvalue weighted by Crippen LogP contribution is -2.55. The summed E-state index contributed by atoms with van der Waals surface area (Å²) in [7, 11) is 5.66. The molecule has 5 aromatic rings. The number of aliphatic hydroxyl groups is 2. The normalized spacial score (nSPS) is 22.5. The molecule has 1 unspecified atom stereocenters. The first-order valence-corrected chi connectivity index (χ1v) is 30.9. The lowest BCUT2D eigenvalue weighted by molar-refractivity contribution is -0.139. The van der Waals surface area contributed by atoms with Crippen molar-refractivity contribution >= 4 is 45.6 Å². The first-order valence-electron chi connectivity index (χ1n) is 30.9. The van der Waals surface area contributed by atoms with Gasteiger partial charge in [0.1, 0.15) is 36.2 Å². The van der Waals surface area contributed by atoms with Crippen molar-refractivity contribution in [3.63, 3.8) is 0 Å². The molecule has 0 radical (unpaired) electrons. The topological polar surface area (TPSA) is 221 Å². The molecule has 6 aliphatic heterocycles. The molecule has 2 N–H and O–H groups in total. The van der Waals surface area contributed by atoms with E-state index in [1.807, 2.05) is 58.9 Å². The van der Waals surface area contributed by atoms with Gasteiger partial charge in [-0.1, -0.05) is 49.1 Å². The van der Waals surface area contributed by atoms with Gasteiger partial charge in [-0.15, -0.1) is 0 Å². The highest BCUT2D eigenvalue weighted by Gasteiger charge is 2.43. The van der Waals surface area contributed by atoms with Crippen LogP contribution < -0.4 is 29.1 Å². The number of nitrogens with zero attached hydrogens (tertiary/aromatic N) is 15. The van der Waals surface area contributed by atoms with Crippen LogP contribution in [-0.2, 0) is 41.7 Å². The van der Waals surface area contributed by atoms with Gasteiger partial charge in [0.25, 0.3) is 0 Å². The molecule has 4 fully saturated rings. The Hall–Kier alpha value is -8.20. The monoisotopic (exact) mass is 1240 g/mol. The van der Waals surface area contributed by atoms with Crippen LogP contribution in [0.15, 0.2) is 79.4 Å². The zero-order chi connectivity index (χ0) is 63.4. The van der Waals surface area contributed by atoms with Gasteiger partial charge in [-0.25, -0.2) is 4.39 Å². The van der Waals surface area contributed by atoms with Crippen LogP contribution in [0.4, 0.5) is 40.6 Å². The minimum Gasteiger partial charge on any atom is -0.462 e. The summed E-state index contributed by atoms with van der Waals surface area (Å²) < 4.78 is 75.6. The van der Waals surface area contributed by atoms with Gasteiger partial charge in [-0.3, -0.25) is 19.4 Å². The number of hydrogen-bond acceptors (Lipinski definition) is 19. The predicted molar refractivity (Wildman–Crippen MR) is 331 cm³/mol. The number of carbonyl (C=O) groups excluding carboxylic acids is 2. The summed E-state index contributed by atoms with van der Waals surface area (Å²) in [6.45, 7) is 8.03. The molecule has 6 atom stereocenters. The number of halogens is 4. The molecule has 0 saturated carbocycles. The zero-order valence-corrected chi connectivity index (χ0v) is 51.1. The number of nitriles is 2. The summed E-state index contributed by atoms with van der Waals surface area (Å²) in [5, 5.41) is 42.8. The molecule has 0 spiro atoms. The van der Waals surface area contributed by atoms with E-state index >= 15 is 17.6 Å². The summed E-state index contributed by atoms with van der Waals surface area (Å²) >= 11 is 0. The summed E-state index contributed by atoms with van der Waals surface area (Å²) in [6.07, 6.45) is 0.616. The second-order valence-electron chi connectivity index (χ2n) is 24.5. The molecular weight excluding hydrogens is 1160 g/mol. The molecule has 3 aromatic carbocycles. The van der Waals surface area contributed by atoms with Crippen molar-refractivity contribution in [2.24, 2.45) is 0 Å². The van der Waals surface area contributed by atoms with Gasteiger partial charge in [0.15, 0.2) is 0 Å². The van der Waals surface area contributed by atoms with Gasteiger partial charge < -0.3 is 54.0 Å².